The van der Waals surface area contributed by atoms with Crippen LogP contribution in [0.1, 0.15) is 68.9 Å². The molecule has 6 nitrogen and oxygen atoms in total. The number of ether oxygens (including phenoxy) is 1. The molecule has 0 saturated heterocycles. The number of azide groups is 1. The van der Waals surface area contributed by atoms with Crippen molar-refractivity contribution in [3.8, 4) is 0 Å². The van der Waals surface area contributed by atoms with E-state index in [4.69, 9.17) is 27.6 Å². The maximum absolute atomic E-state index is 13.3. The normalized spacial score (nSPS) is 17.6. The van der Waals surface area contributed by atoms with Gasteiger partial charge in [-0.15, -0.1) is 0 Å². The lowest BCUT2D eigenvalue weighted by atomic mass is 9.75. The Balaban J connectivity index is 2.04. The van der Waals surface area contributed by atoms with Gasteiger partial charge in [-0.3, -0.25) is 4.79 Å². The fourth-order valence-electron chi connectivity index (χ4n) is 4.79. The minimum atomic E-state index is -1.04. The van der Waals surface area contributed by atoms with Crippen LogP contribution in [0, 0.1) is 5.92 Å². The second-order valence-corrected chi connectivity index (χ2v) is 9.27. The Hall–Kier alpha value is -2.53. The zero-order valence-electron chi connectivity index (χ0n) is 19.0. The smallest absolute Gasteiger partial charge is 0.324 e. The number of hydrogen-bond acceptors (Lipinski definition) is 4. The zero-order valence-corrected chi connectivity index (χ0v) is 19.8. The van der Waals surface area contributed by atoms with Crippen LogP contribution in [0.25, 0.3) is 10.4 Å². The summed E-state index contributed by atoms with van der Waals surface area (Å²) in [5.74, 6) is -0.119. The van der Waals surface area contributed by atoms with E-state index in [-0.39, 0.29) is 13.0 Å². The predicted molar refractivity (Wildman–Crippen MR) is 132 cm³/mol. The first-order valence-corrected chi connectivity index (χ1v) is 12.2. The Morgan fingerprint density at radius 2 is 1.73 bits per heavy atom. The fraction of sp³-hybridized carbons (Fsp3) is 0.500. The zero-order chi connectivity index (χ0) is 23.5. The van der Waals surface area contributed by atoms with E-state index in [2.05, 4.69) is 10.0 Å². The largest absolute Gasteiger partial charge is 0.448 e. The molecule has 176 valence electrons. The summed E-state index contributed by atoms with van der Waals surface area (Å²) in [5, 5.41) is 4.06. The number of hydrogen-bond donors (Lipinski definition) is 1. The SMILES string of the molecule is [N-]=[N+]=NCC[C@H](N)C(=O)OC(CC1CCCCCCC1)(c1ccccc1)c1ccccc1Cl. The average Bonchev–Trinajstić information content (AvgIpc) is 2.81. The highest BCUT2D eigenvalue weighted by atomic mass is 35.5. The number of esters is 1. The lowest BCUT2D eigenvalue weighted by Gasteiger charge is -2.39. The van der Waals surface area contributed by atoms with E-state index in [0.29, 0.717) is 17.4 Å². The Morgan fingerprint density at radius 1 is 1.09 bits per heavy atom. The number of halogens is 1. The van der Waals surface area contributed by atoms with Crippen molar-refractivity contribution in [2.24, 2.45) is 16.8 Å². The van der Waals surface area contributed by atoms with Crippen LogP contribution in [0.5, 0.6) is 0 Å². The molecule has 1 saturated carbocycles. The van der Waals surface area contributed by atoms with Crippen LogP contribution in [-0.4, -0.2) is 18.6 Å². The summed E-state index contributed by atoms with van der Waals surface area (Å²) in [6.45, 7) is 0.139. The molecule has 1 unspecified atom stereocenters. The number of carbonyl (C=O) groups excluding carboxylic acids is 1. The summed E-state index contributed by atoms with van der Waals surface area (Å²) < 4.78 is 6.38. The highest BCUT2D eigenvalue weighted by Crippen LogP contribution is 2.45. The molecule has 0 spiro atoms. The Bertz CT molecular complexity index is 940. The summed E-state index contributed by atoms with van der Waals surface area (Å²) in [5.41, 5.74) is 15.3. The average molecular weight is 469 g/mol. The molecule has 33 heavy (non-hydrogen) atoms. The molecule has 0 aromatic heterocycles. The van der Waals surface area contributed by atoms with E-state index in [0.717, 1.165) is 24.0 Å². The van der Waals surface area contributed by atoms with Crippen LogP contribution in [-0.2, 0) is 15.1 Å². The van der Waals surface area contributed by atoms with Crippen molar-refractivity contribution in [3.05, 3.63) is 81.2 Å². The molecular weight excluding hydrogens is 436 g/mol. The van der Waals surface area contributed by atoms with Crippen molar-refractivity contribution in [2.45, 2.75) is 69.4 Å². The van der Waals surface area contributed by atoms with E-state index >= 15 is 0 Å². The monoisotopic (exact) mass is 468 g/mol. The van der Waals surface area contributed by atoms with Crippen LogP contribution >= 0.6 is 11.6 Å². The first-order valence-electron chi connectivity index (χ1n) is 11.9. The Morgan fingerprint density at radius 3 is 2.39 bits per heavy atom. The molecule has 7 heteroatoms. The summed E-state index contributed by atoms with van der Waals surface area (Å²) in [6.07, 6.45) is 9.19. The van der Waals surface area contributed by atoms with Gasteiger partial charge in [0.05, 0.1) is 0 Å². The molecule has 3 rings (SSSR count). The van der Waals surface area contributed by atoms with Crippen LogP contribution in [0.3, 0.4) is 0 Å². The lowest BCUT2D eigenvalue weighted by molar-refractivity contribution is -0.160. The molecular formula is C26H33ClN4O2. The second kappa shape index (κ2) is 12.6. The number of benzene rings is 2. The van der Waals surface area contributed by atoms with Gasteiger partial charge in [-0.2, -0.15) is 0 Å². The molecule has 0 heterocycles. The molecule has 2 aromatic rings. The third-order valence-corrected chi connectivity index (χ3v) is 6.86. The molecule has 2 atom stereocenters. The van der Waals surface area contributed by atoms with Gasteiger partial charge in [0.1, 0.15) is 6.04 Å². The topological polar surface area (TPSA) is 101 Å². The van der Waals surface area contributed by atoms with E-state index in [1.165, 1.54) is 32.1 Å². The number of carbonyl (C=O) groups is 1. The Kier molecular flexibility index (Phi) is 9.61. The van der Waals surface area contributed by atoms with Crippen molar-refractivity contribution in [1.29, 1.82) is 0 Å². The summed E-state index contributed by atoms with van der Waals surface area (Å²) in [7, 11) is 0. The molecule has 0 radical (unpaired) electrons. The lowest BCUT2D eigenvalue weighted by Crippen LogP contribution is -2.42. The standard InChI is InChI=1S/C26H33ClN4O2/c27-23-16-10-9-15-22(23)26(21-13-7-4-8-14-21,19-20-11-5-2-1-3-6-12-20)33-25(32)24(28)17-18-30-31-29/h4,7-10,13-16,20,24H,1-3,5-6,11-12,17-19,28H2/t24-,26?/m0/s1. The Labute approximate surface area is 201 Å². The van der Waals surface area contributed by atoms with Gasteiger partial charge in [-0.05, 0) is 30.4 Å². The third kappa shape index (κ3) is 6.73. The van der Waals surface area contributed by atoms with Crippen molar-refractivity contribution < 1.29 is 9.53 Å². The fourth-order valence-corrected chi connectivity index (χ4v) is 5.08. The summed E-state index contributed by atoms with van der Waals surface area (Å²) in [6, 6.07) is 16.5. The van der Waals surface area contributed by atoms with Crippen LogP contribution in [0.2, 0.25) is 5.02 Å². The summed E-state index contributed by atoms with van der Waals surface area (Å²) >= 11 is 6.72. The minimum Gasteiger partial charge on any atom is -0.448 e. The molecule has 0 aliphatic heterocycles. The first kappa shape index (κ1) is 25.1. The molecule has 0 bridgehead atoms. The quantitative estimate of drug-likeness (QED) is 0.187. The number of rotatable bonds is 9. The van der Waals surface area contributed by atoms with Gasteiger partial charge >= 0.3 is 5.97 Å². The van der Waals surface area contributed by atoms with Crippen LogP contribution < -0.4 is 5.73 Å². The first-order chi connectivity index (χ1) is 16.1. The van der Waals surface area contributed by atoms with E-state index in [1.54, 1.807) is 0 Å². The van der Waals surface area contributed by atoms with Gasteiger partial charge in [0.15, 0.2) is 5.60 Å². The van der Waals surface area contributed by atoms with Crippen molar-refractivity contribution in [3.63, 3.8) is 0 Å². The number of nitrogens with zero attached hydrogens (tertiary/aromatic N) is 3. The van der Waals surface area contributed by atoms with Crippen molar-refractivity contribution >= 4 is 17.6 Å². The summed E-state index contributed by atoms with van der Waals surface area (Å²) in [4.78, 5) is 16.0. The second-order valence-electron chi connectivity index (χ2n) is 8.86. The van der Waals surface area contributed by atoms with Gasteiger partial charge in [0.2, 0.25) is 0 Å². The third-order valence-electron chi connectivity index (χ3n) is 6.53. The van der Waals surface area contributed by atoms with Gasteiger partial charge in [0, 0.05) is 27.6 Å². The van der Waals surface area contributed by atoms with E-state index in [1.807, 2.05) is 54.6 Å². The predicted octanol–water partition coefficient (Wildman–Crippen LogP) is 6.91. The molecule has 2 N–H and O–H groups in total. The maximum Gasteiger partial charge on any atom is 0.324 e. The molecule has 1 aliphatic carbocycles. The molecule has 1 aliphatic rings. The van der Waals surface area contributed by atoms with Gasteiger partial charge in [-0.1, -0.05) is 110 Å². The van der Waals surface area contributed by atoms with Crippen LogP contribution in [0.15, 0.2) is 59.7 Å². The van der Waals surface area contributed by atoms with Crippen LogP contribution in [0.4, 0.5) is 0 Å². The molecule has 2 aromatic carbocycles. The van der Waals surface area contributed by atoms with Crippen molar-refractivity contribution in [2.75, 3.05) is 6.54 Å². The maximum atomic E-state index is 13.3. The highest BCUT2D eigenvalue weighted by Gasteiger charge is 2.42. The van der Waals surface area contributed by atoms with Gasteiger partial charge in [-0.25, -0.2) is 0 Å². The molecule has 1 fully saturated rings. The van der Waals surface area contributed by atoms with Gasteiger partial charge in [0.25, 0.3) is 0 Å². The molecule has 0 amide bonds. The van der Waals surface area contributed by atoms with E-state index in [9.17, 15) is 4.79 Å². The van der Waals surface area contributed by atoms with Gasteiger partial charge < -0.3 is 10.5 Å². The minimum absolute atomic E-state index is 0.139. The number of nitrogens with two attached hydrogens (primary N) is 1. The van der Waals surface area contributed by atoms with Crippen molar-refractivity contribution in [1.82, 2.24) is 0 Å². The highest BCUT2D eigenvalue weighted by molar-refractivity contribution is 6.31. The van der Waals surface area contributed by atoms with E-state index < -0.39 is 17.6 Å².